The maximum Gasteiger partial charge on any atom is 0.255 e. The number of hydrogen-bond donors (Lipinski definition) is 1. The Bertz CT molecular complexity index is 612. The number of carbonyl (C=O) groups excluding carboxylic acids is 1. The molecular weight excluding hydrogens is 286 g/mol. The molecule has 1 N–H and O–H groups in total. The van der Waals surface area contributed by atoms with Crippen molar-refractivity contribution in [2.75, 3.05) is 19.8 Å². The van der Waals surface area contributed by atoms with Crippen molar-refractivity contribution >= 4 is 5.91 Å². The molecule has 0 bridgehead atoms. The van der Waals surface area contributed by atoms with Crippen LogP contribution in [0.3, 0.4) is 0 Å². The van der Waals surface area contributed by atoms with Gasteiger partial charge in [0.1, 0.15) is 12.4 Å². The van der Waals surface area contributed by atoms with E-state index in [2.05, 4.69) is 15.5 Å². The van der Waals surface area contributed by atoms with E-state index in [0.717, 1.165) is 0 Å². The van der Waals surface area contributed by atoms with E-state index in [4.69, 9.17) is 13.9 Å². The zero-order valence-corrected chi connectivity index (χ0v) is 12.7. The lowest BCUT2D eigenvalue weighted by Crippen LogP contribution is -2.24. The Hall–Kier alpha value is -2.41. The van der Waals surface area contributed by atoms with Crippen LogP contribution in [0.25, 0.3) is 0 Å². The Balaban J connectivity index is 1.93. The second-order valence-corrected chi connectivity index (χ2v) is 4.44. The fraction of sp³-hybridized carbons (Fsp3) is 0.400. The lowest BCUT2D eigenvalue weighted by Gasteiger charge is -2.11. The lowest BCUT2D eigenvalue weighted by atomic mass is 10.2. The molecule has 0 aliphatic rings. The molecule has 22 heavy (non-hydrogen) atoms. The number of carbonyl (C=O) groups is 1. The monoisotopic (exact) mass is 305 g/mol. The quantitative estimate of drug-likeness (QED) is 0.747. The van der Waals surface area contributed by atoms with Crippen molar-refractivity contribution in [2.24, 2.45) is 0 Å². The van der Waals surface area contributed by atoms with Crippen LogP contribution >= 0.6 is 0 Å². The molecule has 0 spiro atoms. The summed E-state index contributed by atoms with van der Waals surface area (Å²) in [6, 6.07) is 7.04. The summed E-state index contributed by atoms with van der Waals surface area (Å²) in [4.78, 5) is 12.2. The minimum atomic E-state index is -0.261. The van der Waals surface area contributed by atoms with Crippen molar-refractivity contribution in [1.82, 2.24) is 15.5 Å². The van der Waals surface area contributed by atoms with Crippen LogP contribution in [0.2, 0.25) is 0 Å². The number of ether oxygens (including phenoxy) is 2. The molecule has 0 fully saturated rings. The number of benzene rings is 1. The smallest absolute Gasteiger partial charge is 0.255 e. The first-order valence-corrected chi connectivity index (χ1v) is 7.07. The van der Waals surface area contributed by atoms with Gasteiger partial charge in [0.05, 0.1) is 18.7 Å². The number of aromatic nitrogens is 2. The highest BCUT2D eigenvalue weighted by molar-refractivity contribution is 5.96. The Morgan fingerprint density at radius 2 is 2.09 bits per heavy atom. The van der Waals surface area contributed by atoms with Crippen LogP contribution < -0.4 is 10.1 Å². The first-order valence-electron chi connectivity index (χ1n) is 7.07. The van der Waals surface area contributed by atoms with Crippen LogP contribution in [0.5, 0.6) is 5.75 Å². The van der Waals surface area contributed by atoms with Crippen molar-refractivity contribution in [3.05, 3.63) is 41.6 Å². The third-order valence-corrected chi connectivity index (χ3v) is 2.79. The SMILES string of the molecule is CCOCCOc1ccccc1C(=O)NCc1nnc(C)o1. The predicted molar refractivity (Wildman–Crippen MR) is 78.6 cm³/mol. The zero-order valence-electron chi connectivity index (χ0n) is 12.7. The van der Waals surface area contributed by atoms with Gasteiger partial charge in [-0.05, 0) is 19.1 Å². The highest BCUT2D eigenvalue weighted by atomic mass is 16.5. The second kappa shape index (κ2) is 8.14. The summed E-state index contributed by atoms with van der Waals surface area (Å²) in [6.07, 6.45) is 0. The van der Waals surface area contributed by atoms with E-state index < -0.39 is 0 Å². The molecule has 0 saturated carbocycles. The first kappa shape index (κ1) is 16.0. The molecule has 0 saturated heterocycles. The number of aryl methyl sites for hydroxylation is 1. The van der Waals surface area contributed by atoms with Crippen LogP contribution in [-0.2, 0) is 11.3 Å². The van der Waals surface area contributed by atoms with Gasteiger partial charge >= 0.3 is 0 Å². The molecule has 118 valence electrons. The number of amides is 1. The van der Waals surface area contributed by atoms with Crippen molar-refractivity contribution in [3.63, 3.8) is 0 Å². The van der Waals surface area contributed by atoms with Crippen LogP contribution in [0.1, 0.15) is 29.1 Å². The maximum atomic E-state index is 12.2. The largest absolute Gasteiger partial charge is 0.490 e. The lowest BCUT2D eigenvalue weighted by molar-refractivity contribution is 0.0930. The fourth-order valence-electron chi connectivity index (χ4n) is 1.80. The van der Waals surface area contributed by atoms with E-state index in [1.165, 1.54) is 0 Å². The molecule has 1 heterocycles. The molecule has 7 nitrogen and oxygen atoms in total. The summed E-state index contributed by atoms with van der Waals surface area (Å²) < 4.78 is 16.0. The van der Waals surface area contributed by atoms with Gasteiger partial charge < -0.3 is 19.2 Å². The topological polar surface area (TPSA) is 86.5 Å². The summed E-state index contributed by atoms with van der Waals surface area (Å²) in [7, 11) is 0. The molecule has 2 rings (SSSR count). The minimum Gasteiger partial charge on any atom is -0.490 e. The molecular formula is C15H19N3O4. The van der Waals surface area contributed by atoms with Crippen LogP contribution in [-0.4, -0.2) is 35.9 Å². The molecule has 0 atom stereocenters. The molecule has 1 aromatic carbocycles. The van der Waals surface area contributed by atoms with Gasteiger partial charge in [-0.15, -0.1) is 10.2 Å². The highest BCUT2D eigenvalue weighted by Crippen LogP contribution is 2.17. The van der Waals surface area contributed by atoms with E-state index in [1.54, 1.807) is 25.1 Å². The summed E-state index contributed by atoms with van der Waals surface area (Å²) in [6.45, 7) is 5.29. The highest BCUT2D eigenvalue weighted by Gasteiger charge is 2.13. The predicted octanol–water partition coefficient (Wildman–Crippen LogP) is 1.72. The molecule has 0 aliphatic carbocycles. The summed E-state index contributed by atoms with van der Waals surface area (Å²) >= 11 is 0. The summed E-state index contributed by atoms with van der Waals surface area (Å²) in [5, 5.41) is 10.3. The van der Waals surface area contributed by atoms with Crippen molar-refractivity contribution < 1.29 is 18.7 Å². The van der Waals surface area contributed by atoms with Gasteiger partial charge in [-0.1, -0.05) is 12.1 Å². The maximum absolute atomic E-state index is 12.2. The molecule has 0 unspecified atom stereocenters. The van der Waals surface area contributed by atoms with Crippen molar-refractivity contribution in [1.29, 1.82) is 0 Å². The normalized spacial score (nSPS) is 10.5. The van der Waals surface area contributed by atoms with E-state index in [-0.39, 0.29) is 12.5 Å². The zero-order chi connectivity index (χ0) is 15.8. The standard InChI is InChI=1S/C15H19N3O4/c1-3-20-8-9-21-13-7-5-4-6-12(13)15(19)16-10-14-18-17-11(2)22-14/h4-7H,3,8-10H2,1-2H3,(H,16,19). The Morgan fingerprint density at radius 3 is 2.82 bits per heavy atom. The molecule has 2 aromatic rings. The third kappa shape index (κ3) is 4.56. The number of nitrogens with one attached hydrogen (secondary N) is 1. The molecule has 1 aromatic heterocycles. The number of para-hydroxylation sites is 1. The number of rotatable bonds is 8. The van der Waals surface area contributed by atoms with Crippen LogP contribution in [0.15, 0.2) is 28.7 Å². The van der Waals surface area contributed by atoms with Gasteiger partial charge in [0.2, 0.25) is 11.8 Å². The van der Waals surface area contributed by atoms with Gasteiger partial charge in [0.15, 0.2) is 0 Å². The average Bonchev–Trinajstić information content (AvgIpc) is 2.95. The second-order valence-electron chi connectivity index (χ2n) is 4.44. The first-order chi connectivity index (χ1) is 10.7. The molecule has 0 aliphatic heterocycles. The summed E-state index contributed by atoms with van der Waals surface area (Å²) in [5.74, 6) is 1.08. The van der Waals surface area contributed by atoms with E-state index in [1.807, 2.05) is 13.0 Å². The van der Waals surface area contributed by atoms with Gasteiger partial charge in [-0.3, -0.25) is 4.79 Å². The molecule has 1 amide bonds. The van der Waals surface area contributed by atoms with Crippen LogP contribution in [0.4, 0.5) is 0 Å². The van der Waals surface area contributed by atoms with Gasteiger partial charge in [0, 0.05) is 13.5 Å². The minimum absolute atomic E-state index is 0.174. The van der Waals surface area contributed by atoms with Gasteiger partial charge in [-0.25, -0.2) is 0 Å². The Labute approximate surface area is 128 Å². The number of hydrogen-bond acceptors (Lipinski definition) is 6. The molecule has 7 heteroatoms. The Morgan fingerprint density at radius 1 is 1.27 bits per heavy atom. The summed E-state index contributed by atoms with van der Waals surface area (Å²) in [5.41, 5.74) is 0.454. The molecule has 0 radical (unpaired) electrons. The van der Waals surface area contributed by atoms with E-state index in [0.29, 0.717) is 42.9 Å². The number of nitrogens with zero attached hydrogens (tertiary/aromatic N) is 2. The van der Waals surface area contributed by atoms with Crippen LogP contribution in [0, 0.1) is 6.92 Å². The third-order valence-electron chi connectivity index (χ3n) is 2.79. The van der Waals surface area contributed by atoms with E-state index >= 15 is 0 Å². The van der Waals surface area contributed by atoms with E-state index in [9.17, 15) is 4.79 Å². The van der Waals surface area contributed by atoms with Gasteiger partial charge in [0.25, 0.3) is 5.91 Å². The average molecular weight is 305 g/mol. The fourth-order valence-corrected chi connectivity index (χ4v) is 1.80. The van der Waals surface area contributed by atoms with Crippen molar-refractivity contribution in [3.8, 4) is 5.75 Å². The van der Waals surface area contributed by atoms with Gasteiger partial charge in [-0.2, -0.15) is 0 Å². The Kier molecular flexibility index (Phi) is 5.91. The van der Waals surface area contributed by atoms with Crippen molar-refractivity contribution in [2.45, 2.75) is 20.4 Å².